The molecule has 126 valence electrons. The van der Waals surface area contributed by atoms with E-state index in [0.29, 0.717) is 19.4 Å². The van der Waals surface area contributed by atoms with Gasteiger partial charge in [-0.15, -0.1) is 0 Å². The number of likely N-dealkylation sites (N-methyl/N-ethyl adjacent to an activating group) is 1. The van der Waals surface area contributed by atoms with Crippen molar-refractivity contribution in [1.29, 1.82) is 0 Å². The van der Waals surface area contributed by atoms with E-state index in [0.717, 1.165) is 18.4 Å². The highest BCUT2D eigenvalue weighted by atomic mass is 19.1. The first kappa shape index (κ1) is 17.4. The van der Waals surface area contributed by atoms with E-state index >= 15 is 0 Å². The molecule has 2 rings (SSSR count). The van der Waals surface area contributed by atoms with Gasteiger partial charge in [0.2, 0.25) is 11.8 Å². The molecule has 0 unspecified atom stereocenters. The van der Waals surface area contributed by atoms with Crippen molar-refractivity contribution in [3.63, 3.8) is 0 Å². The summed E-state index contributed by atoms with van der Waals surface area (Å²) >= 11 is 0. The lowest BCUT2D eigenvalue weighted by Gasteiger charge is -2.29. The van der Waals surface area contributed by atoms with Gasteiger partial charge in [0, 0.05) is 13.0 Å². The second-order valence-corrected chi connectivity index (χ2v) is 6.36. The molecule has 1 aliphatic rings. The standard InChI is InChI=1S/C18H25FN2O2/c1-3-20-17(23)18(9-4-5-10-18)21-16(22)11-13(2)14-7-6-8-15(19)12-14/h6-8,12-13H,3-5,9-11H2,1-2H3,(H,20,23)(H,21,22)/t13-/m0/s1. The summed E-state index contributed by atoms with van der Waals surface area (Å²) < 4.78 is 13.3. The molecule has 1 aromatic rings. The van der Waals surface area contributed by atoms with Crippen molar-refractivity contribution in [3.05, 3.63) is 35.6 Å². The summed E-state index contributed by atoms with van der Waals surface area (Å²) in [6, 6.07) is 6.30. The van der Waals surface area contributed by atoms with Gasteiger partial charge in [0.1, 0.15) is 11.4 Å². The number of halogens is 1. The van der Waals surface area contributed by atoms with Gasteiger partial charge in [-0.05, 0) is 43.4 Å². The smallest absolute Gasteiger partial charge is 0.245 e. The highest BCUT2D eigenvalue weighted by molar-refractivity contribution is 5.91. The van der Waals surface area contributed by atoms with Crippen molar-refractivity contribution in [2.45, 2.75) is 57.4 Å². The lowest BCUT2D eigenvalue weighted by molar-refractivity contribution is -0.133. The molecule has 4 nitrogen and oxygen atoms in total. The van der Waals surface area contributed by atoms with Crippen LogP contribution in [0.1, 0.15) is 57.4 Å². The third kappa shape index (κ3) is 4.30. The Hall–Kier alpha value is -1.91. The van der Waals surface area contributed by atoms with E-state index in [1.54, 1.807) is 6.07 Å². The van der Waals surface area contributed by atoms with Crippen LogP contribution in [0.2, 0.25) is 0 Å². The van der Waals surface area contributed by atoms with Crippen LogP contribution in [0.15, 0.2) is 24.3 Å². The summed E-state index contributed by atoms with van der Waals surface area (Å²) in [6.07, 6.45) is 3.48. The third-order valence-corrected chi connectivity index (χ3v) is 4.52. The number of hydrogen-bond donors (Lipinski definition) is 2. The van der Waals surface area contributed by atoms with Crippen molar-refractivity contribution < 1.29 is 14.0 Å². The second-order valence-electron chi connectivity index (χ2n) is 6.36. The van der Waals surface area contributed by atoms with E-state index in [1.165, 1.54) is 12.1 Å². The minimum absolute atomic E-state index is 0.0933. The number of carbonyl (C=O) groups excluding carboxylic acids is 2. The van der Waals surface area contributed by atoms with Gasteiger partial charge in [-0.25, -0.2) is 4.39 Å². The lowest BCUT2D eigenvalue weighted by atomic mass is 9.93. The first-order valence-corrected chi connectivity index (χ1v) is 8.31. The number of rotatable bonds is 6. The number of nitrogens with one attached hydrogen (secondary N) is 2. The average molecular weight is 320 g/mol. The normalized spacial score (nSPS) is 17.5. The Kier molecular flexibility index (Phi) is 5.74. The molecule has 1 aliphatic carbocycles. The first-order valence-electron chi connectivity index (χ1n) is 8.31. The van der Waals surface area contributed by atoms with Crippen molar-refractivity contribution in [2.24, 2.45) is 0 Å². The summed E-state index contributed by atoms with van der Waals surface area (Å²) in [5, 5.41) is 5.77. The minimum atomic E-state index is -0.769. The molecule has 0 aromatic heterocycles. The van der Waals surface area contributed by atoms with Crippen molar-refractivity contribution in [3.8, 4) is 0 Å². The predicted molar refractivity (Wildman–Crippen MR) is 87.5 cm³/mol. The van der Waals surface area contributed by atoms with Gasteiger partial charge in [-0.3, -0.25) is 9.59 Å². The Morgan fingerprint density at radius 2 is 2.00 bits per heavy atom. The van der Waals surface area contributed by atoms with Crippen LogP contribution in [0.5, 0.6) is 0 Å². The van der Waals surface area contributed by atoms with E-state index in [9.17, 15) is 14.0 Å². The van der Waals surface area contributed by atoms with Gasteiger partial charge in [0.05, 0.1) is 0 Å². The fraction of sp³-hybridized carbons (Fsp3) is 0.556. The molecule has 1 saturated carbocycles. The van der Waals surface area contributed by atoms with E-state index in [2.05, 4.69) is 10.6 Å². The van der Waals surface area contributed by atoms with E-state index in [1.807, 2.05) is 19.9 Å². The van der Waals surface area contributed by atoms with Crippen LogP contribution in [-0.2, 0) is 9.59 Å². The number of amides is 2. The Labute approximate surface area is 136 Å². The van der Waals surface area contributed by atoms with Crippen LogP contribution in [-0.4, -0.2) is 23.9 Å². The SMILES string of the molecule is CCNC(=O)C1(NC(=O)C[C@H](C)c2cccc(F)c2)CCCC1. The summed E-state index contributed by atoms with van der Waals surface area (Å²) in [4.78, 5) is 24.7. The van der Waals surface area contributed by atoms with E-state index in [4.69, 9.17) is 0 Å². The molecule has 0 aliphatic heterocycles. The van der Waals surface area contributed by atoms with Gasteiger partial charge >= 0.3 is 0 Å². The Morgan fingerprint density at radius 1 is 1.30 bits per heavy atom. The molecule has 5 heteroatoms. The van der Waals surface area contributed by atoms with Crippen LogP contribution >= 0.6 is 0 Å². The van der Waals surface area contributed by atoms with Gasteiger partial charge in [-0.1, -0.05) is 31.9 Å². The molecule has 1 atom stereocenters. The highest BCUT2D eigenvalue weighted by Gasteiger charge is 2.42. The lowest BCUT2D eigenvalue weighted by Crippen LogP contribution is -2.57. The molecular weight excluding hydrogens is 295 g/mol. The fourth-order valence-corrected chi connectivity index (χ4v) is 3.24. The fourth-order valence-electron chi connectivity index (χ4n) is 3.24. The highest BCUT2D eigenvalue weighted by Crippen LogP contribution is 2.30. The molecule has 1 aromatic carbocycles. The Morgan fingerprint density at radius 3 is 2.61 bits per heavy atom. The largest absolute Gasteiger partial charge is 0.354 e. The zero-order valence-corrected chi connectivity index (χ0v) is 13.8. The minimum Gasteiger partial charge on any atom is -0.354 e. The van der Waals surface area contributed by atoms with E-state index < -0.39 is 5.54 Å². The first-order chi connectivity index (χ1) is 11.0. The van der Waals surface area contributed by atoms with Crippen LogP contribution in [0.4, 0.5) is 4.39 Å². The van der Waals surface area contributed by atoms with Gasteiger partial charge in [0.25, 0.3) is 0 Å². The average Bonchev–Trinajstić information content (AvgIpc) is 2.97. The third-order valence-electron chi connectivity index (χ3n) is 4.52. The van der Waals surface area contributed by atoms with Crippen LogP contribution in [0, 0.1) is 5.82 Å². The van der Waals surface area contributed by atoms with Crippen LogP contribution in [0.25, 0.3) is 0 Å². The molecular formula is C18H25FN2O2. The molecule has 0 bridgehead atoms. The van der Waals surface area contributed by atoms with E-state index in [-0.39, 0.29) is 30.0 Å². The van der Waals surface area contributed by atoms with Crippen LogP contribution < -0.4 is 10.6 Å². The van der Waals surface area contributed by atoms with Crippen molar-refractivity contribution in [1.82, 2.24) is 10.6 Å². The predicted octanol–water partition coefficient (Wildman–Crippen LogP) is 2.88. The number of benzene rings is 1. The summed E-state index contributed by atoms with van der Waals surface area (Å²) in [5.41, 5.74) is 0.0213. The quantitative estimate of drug-likeness (QED) is 0.847. The molecule has 2 amide bonds. The van der Waals surface area contributed by atoms with Gasteiger partial charge in [-0.2, -0.15) is 0 Å². The Balaban J connectivity index is 2.01. The molecule has 23 heavy (non-hydrogen) atoms. The maximum atomic E-state index is 13.3. The zero-order chi connectivity index (χ0) is 16.9. The maximum absolute atomic E-state index is 13.3. The monoisotopic (exact) mass is 320 g/mol. The van der Waals surface area contributed by atoms with Crippen molar-refractivity contribution in [2.75, 3.05) is 6.54 Å². The summed E-state index contributed by atoms with van der Waals surface area (Å²) in [6.45, 7) is 4.31. The molecule has 0 radical (unpaired) electrons. The maximum Gasteiger partial charge on any atom is 0.245 e. The molecule has 1 fully saturated rings. The van der Waals surface area contributed by atoms with Crippen molar-refractivity contribution >= 4 is 11.8 Å². The number of carbonyl (C=O) groups is 2. The summed E-state index contributed by atoms with van der Waals surface area (Å²) in [5.74, 6) is -0.651. The molecule has 2 N–H and O–H groups in total. The van der Waals surface area contributed by atoms with Gasteiger partial charge in [0.15, 0.2) is 0 Å². The van der Waals surface area contributed by atoms with Gasteiger partial charge < -0.3 is 10.6 Å². The summed E-state index contributed by atoms with van der Waals surface area (Å²) in [7, 11) is 0. The van der Waals surface area contributed by atoms with Crippen LogP contribution in [0.3, 0.4) is 0 Å². The second kappa shape index (κ2) is 7.57. The number of hydrogen-bond acceptors (Lipinski definition) is 2. The molecule has 0 heterocycles. The zero-order valence-electron chi connectivity index (χ0n) is 13.8. The Bertz CT molecular complexity index is 568. The topological polar surface area (TPSA) is 58.2 Å². The molecule has 0 saturated heterocycles. The molecule has 0 spiro atoms.